The minimum atomic E-state index is 0.325. The summed E-state index contributed by atoms with van der Waals surface area (Å²) >= 11 is 0. The Morgan fingerprint density at radius 2 is 2.17 bits per heavy atom. The average Bonchev–Trinajstić information content (AvgIpc) is 2.15. The van der Waals surface area contributed by atoms with Crippen LogP contribution in [0.15, 0.2) is 0 Å². The summed E-state index contributed by atoms with van der Waals surface area (Å²) in [6, 6.07) is 0. The summed E-state index contributed by atoms with van der Waals surface area (Å²) in [5, 5.41) is 15.6. The first-order chi connectivity index (χ1) is 5.88. The van der Waals surface area contributed by atoms with Crippen LogP contribution in [0.4, 0.5) is 0 Å². The van der Waals surface area contributed by atoms with Gasteiger partial charge in [0, 0.05) is 13.2 Å². The number of piperidine rings is 1. The third-order valence-corrected chi connectivity index (χ3v) is 2.75. The molecule has 3 nitrogen and oxygen atoms in total. The number of nitrogens with one attached hydrogen (secondary N) is 2. The molecule has 1 atom stereocenters. The van der Waals surface area contributed by atoms with Crippen LogP contribution in [0.2, 0.25) is 0 Å². The molecule has 1 unspecified atom stereocenters. The molecule has 0 aliphatic carbocycles. The molecule has 3 heteroatoms. The highest BCUT2D eigenvalue weighted by Gasteiger charge is 2.21. The molecule has 1 rings (SSSR count). The highest BCUT2D eigenvalue weighted by Crippen LogP contribution is 2.20. The number of hydrogen-bond acceptors (Lipinski definition) is 3. The lowest BCUT2D eigenvalue weighted by Crippen LogP contribution is -2.36. The number of aliphatic hydroxyl groups excluding tert-OH is 1. The van der Waals surface area contributed by atoms with Crippen LogP contribution in [0.1, 0.15) is 12.8 Å². The van der Waals surface area contributed by atoms with Crippen molar-refractivity contribution in [1.29, 1.82) is 0 Å². The van der Waals surface area contributed by atoms with Crippen LogP contribution >= 0.6 is 0 Å². The zero-order valence-electron chi connectivity index (χ0n) is 7.84. The highest BCUT2D eigenvalue weighted by atomic mass is 16.3. The smallest absolute Gasteiger partial charge is 0.0474 e. The van der Waals surface area contributed by atoms with Gasteiger partial charge in [-0.05, 0) is 44.8 Å². The first-order valence-electron chi connectivity index (χ1n) is 4.84. The van der Waals surface area contributed by atoms with Crippen molar-refractivity contribution >= 4 is 0 Å². The van der Waals surface area contributed by atoms with Gasteiger partial charge in [-0.1, -0.05) is 0 Å². The molecule has 3 N–H and O–H groups in total. The monoisotopic (exact) mass is 172 g/mol. The van der Waals surface area contributed by atoms with Crippen molar-refractivity contribution in [2.75, 3.05) is 33.3 Å². The normalized spacial score (nSPS) is 22.5. The first kappa shape index (κ1) is 9.96. The minimum absolute atomic E-state index is 0.325. The molecule has 1 aliphatic rings. The van der Waals surface area contributed by atoms with Crippen LogP contribution in [-0.4, -0.2) is 38.4 Å². The van der Waals surface area contributed by atoms with E-state index in [0.29, 0.717) is 18.4 Å². The summed E-state index contributed by atoms with van der Waals surface area (Å²) in [5.74, 6) is 1.17. The molecule has 0 spiro atoms. The topological polar surface area (TPSA) is 44.3 Å². The summed E-state index contributed by atoms with van der Waals surface area (Å²) in [4.78, 5) is 0. The van der Waals surface area contributed by atoms with Crippen molar-refractivity contribution in [3.05, 3.63) is 0 Å². The van der Waals surface area contributed by atoms with E-state index in [1.54, 1.807) is 0 Å². The molecular weight excluding hydrogens is 152 g/mol. The summed E-state index contributed by atoms with van der Waals surface area (Å²) in [6.07, 6.45) is 2.43. The molecule has 1 heterocycles. The van der Waals surface area contributed by atoms with Crippen molar-refractivity contribution in [2.45, 2.75) is 12.8 Å². The van der Waals surface area contributed by atoms with Gasteiger partial charge in [0.1, 0.15) is 0 Å². The third-order valence-electron chi connectivity index (χ3n) is 2.75. The lowest BCUT2D eigenvalue weighted by molar-refractivity contribution is 0.151. The fourth-order valence-corrected chi connectivity index (χ4v) is 1.96. The van der Waals surface area contributed by atoms with Gasteiger partial charge in [0.25, 0.3) is 0 Å². The van der Waals surface area contributed by atoms with Crippen molar-refractivity contribution in [1.82, 2.24) is 10.6 Å². The van der Waals surface area contributed by atoms with Crippen molar-refractivity contribution in [2.24, 2.45) is 11.8 Å². The maximum atomic E-state index is 9.15. The van der Waals surface area contributed by atoms with Crippen LogP contribution in [0, 0.1) is 11.8 Å². The van der Waals surface area contributed by atoms with Gasteiger partial charge in [0.05, 0.1) is 0 Å². The van der Waals surface area contributed by atoms with E-state index in [1.807, 2.05) is 7.05 Å². The number of aliphatic hydroxyl groups is 1. The van der Waals surface area contributed by atoms with E-state index >= 15 is 0 Å². The van der Waals surface area contributed by atoms with Gasteiger partial charge in [-0.2, -0.15) is 0 Å². The van der Waals surface area contributed by atoms with E-state index in [9.17, 15) is 0 Å². The van der Waals surface area contributed by atoms with E-state index in [-0.39, 0.29) is 0 Å². The second-order valence-electron chi connectivity index (χ2n) is 3.59. The Balaban J connectivity index is 2.29. The van der Waals surface area contributed by atoms with Crippen LogP contribution in [0.3, 0.4) is 0 Å². The average molecular weight is 172 g/mol. The molecule has 1 saturated heterocycles. The predicted octanol–water partition coefficient (Wildman–Crippen LogP) is -0.186. The Morgan fingerprint density at radius 3 is 2.67 bits per heavy atom. The Labute approximate surface area is 74.5 Å². The Morgan fingerprint density at radius 1 is 1.50 bits per heavy atom. The lowest BCUT2D eigenvalue weighted by Gasteiger charge is -2.29. The first-order valence-corrected chi connectivity index (χ1v) is 4.84. The summed E-state index contributed by atoms with van der Waals surface area (Å²) in [5.41, 5.74) is 0. The standard InChI is InChI=1S/C9H20N2O/c1-10-6-9(7-12)8-2-4-11-5-3-8/h8-12H,2-7H2,1H3. The number of rotatable bonds is 4. The van der Waals surface area contributed by atoms with Gasteiger partial charge < -0.3 is 15.7 Å². The van der Waals surface area contributed by atoms with E-state index in [0.717, 1.165) is 19.6 Å². The zero-order chi connectivity index (χ0) is 8.81. The maximum absolute atomic E-state index is 9.15. The number of hydrogen-bond donors (Lipinski definition) is 3. The lowest BCUT2D eigenvalue weighted by atomic mass is 9.85. The van der Waals surface area contributed by atoms with Crippen molar-refractivity contribution < 1.29 is 5.11 Å². The van der Waals surface area contributed by atoms with Gasteiger partial charge in [0.2, 0.25) is 0 Å². The quantitative estimate of drug-likeness (QED) is 0.551. The highest BCUT2D eigenvalue weighted by molar-refractivity contribution is 4.76. The fourth-order valence-electron chi connectivity index (χ4n) is 1.96. The van der Waals surface area contributed by atoms with E-state index in [1.165, 1.54) is 12.8 Å². The summed E-state index contributed by atoms with van der Waals surface area (Å²) in [6.45, 7) is 3.50. The van der Waals surface area contributed by atoms with Gasteiger partial charge in [-0.3, -0.25) is 0 Å². The van der Waals surface area contributed by atoms with Gasteiger partial charge in [-0.25, -0.2) is 0 Å². The Hall–Kier alpha value is -0.120. The molecule has 0 bridgehead atoms. The second kappa shape index (κ2) is 5.51. The van der Waals surface area contributed by atoms with Crippen molar-refractivity contribution in [3.8, 4) is 0 Å². The van der Waals surface area contributed by atoms with E-state index < -0.39 is 0 Å². The summed E-state index contributed by atoms with van der Waals surface area (Å²) in [7, 11) is 1.95. The SMILES string of the molecule is CNCC(CO)C1CCNCC1. The predicted molar refractivity (Wildman–Crippen MR) is 50.1 cm³/mol. The summed E-state index contributed by atoms with van der Waals surface area (Å²) < 4.78 is 0. The minimum Gasteiger partial charge on any atom is -0.396 e. The molecule has 0 radical (unpaired) electrons. The van der Waals surface area contributed by atoms with Crippen molar-refractivity contribution in [3.63, 3.8) is 0 Å². The molecule has 0 aromatic rings. The molecule has 1 aliphatic heterocycles. The Bertz CT molecular complexity index is 110. The van der Waals surface area contributed by atoms with Gasteiger partial charge in [-0.15, -0.1) is 0 Å². The largest absolute Gasteiger partial charge is 0.396 e. The van der Waals surface area contributed by atoms with E-state index in [4.69, 9.17) is 5.11 Å². The zero-order valence-corrected chi connectivity index (χ0v) is 7.84. The van der Waals surface area contributed by atoms with Gasteiger partial charge in [0.15, 0.2) is 0 Å². The molecular formula is C9H20N2O. The van der Waals surface area contributed by atoms with Crippen LogP contribution < -0.4 is 10.6 Å². The second-order valence-corrected chi connectivity index (χ2v) is 3.59. The molecule has 0 amide bonds. The molecule has 72 valence electrons. The Kier molecular flexibility index (Phi) is 4.58. The van der Waals surface area contributed by atoms with E-state index in [2.05, 4.69) is 10.6 Å². The van der Waals surface area contributed by atoms with Crippen LogP contribution in [0.5, 0.6) is 0 Å². The molecule has 0 aromatic heterocycles. The van der Waals surface area contributed by atoms with Crippen LogP contribution in [-0.2, 0) is 0 Å². The maximum Gasteiger partial charge on any atom is 0.0474 e. The molecule has 0 saturated carbocycles. The molecule has 12 heavy (non-hydrogen) atoms. The van der Waals surface area contributed by atoms with Gasteiger partial charge >= 0.3 is 0 Å². The molecule has 1 fully saturated rings. The fraction of sp³-hybridized carbons (Fsp3) is 1.00. The molecule has 0 aromatic carbocycles. The third kappa shape index (κ3) is 2.73. The van der Waals surface area contributed by atoms with Crippen LogP contribution in [0.25, 0.3) is 0 Å².